The zero-order valence-electron chi connectivity index (χ0n) is 14.5. The molecule has 0 spiro atoms. The quantitative estimate of drug-likeness (QED) is 0.764. The zero-order chi connectivity index (χ0) is 15.1. The summed E-state index contributed by atoms with van der Waals surface area (Å²) in [6, 6.07) is 2.41. The summed E-state index contributed by atoms with van der Waals surface area (Å²) in [7, 11) is 2.16. The Balaban J connectivity index is 0.00000104. The molecule has 1 aliphatic heterocycles. The van der Waals surface area contributed by atoms with Gasteiger partial charge in [0.2, 0.25) is 0 Å². The van der Waals surface area contributed by atoms with Crippen molar-refractivity contribution in [1.29, 1.82) is 0 Å². The first kappa shape index (κ1) is 19.7. The lowest BCUT2D eigenvalue weighted by atomic mass is 9.91. The Morgan fingerprint density at radius 3 is 2.00 bits per heavy atom. The summed E-state index contributed by atoms with van der Waals surface area (Å²) in [5, 5.41) is 0. The number of halogens is 2. The first-order valence-electron chi connectivity index (χ1n) is 8.83. The Labute approximate surface area is 157 Å². The van der Waals surface area contributed by atoms with Crippen LogP contribution in [-0.4, -0.2) is 55.4 Å². The van der Waals surface area contributed by atoms with E-state index in [9.17, 15) is 4.79 Å². The van der Waals surface area contributed by atoms with Crippen molar-refractivity contribution in [1.82, 2.24) is 9.80 Å². The molecule has 4 rings (SSSR count). The van der Waals surface area contributed by atoms with Crippen molar-refractivity contribution in [2.24, 2.45) is 0 Å². The van der Waals surface area contributed by atoms with Gasteiger partial charge in [-0.25, -0.2) is 0 Å². The van der Waals surface area contributed by atoms with Crippen LogP contribution in [0.3, 0.4) is 0 Å². The van der Waals surface area contributed by atoms with Crippen molar-refractivity contribution >= 4 is 30.6 Å². The predicted octanol–water partition coefficient (Wildman–Crippen LogP) is 2.94. The van der Waals surface area contributed by atoms with Crippen molar-refractivity contribution in [2.75, 3.05) is 39.8 Å². The highest BCUT2D eigenvalue weighted by Crippen LogP contribution is 2.35. The molecule has 0 amide bonds. The molecule has 1 saturated heterocycles. The maximum atomic E-state index is 13.1. The highest BCUT2D eigenvalue weighted by molar-refractivity contribution is 6.01. The second kappa shape index (κ2) is 8.18. The van der Waals surface area contributed by atoms with E-state index < -0.39 is 0 Å². The van der Waals surface area contributed by atoms with Gasteiger partial charge in [-0.2, -0.15) is 0 Å². The fraction of sp³-hybridized carbons (Fsp3) is 0.632. The van der Waals surface area contributed by atoms with E-state index in [4.69, 9.17) is 0 Å². The molecule has 0 atom stereocenters. The van der Waals surface area contributed by atoms with Crippen LogP contribution in [0.15, 0.2) is 6.07 Å². The Morgan fingerprint density at radius 1 is 0.917 bits per heavy atom. The molecule has 24 heavy (non-hydrogen) atoms. The third-order valence-corrected chi connectivity index (χ3v) is 5.71. The number of carbonyl (C=O) groups excluding carboxylic acids is 1. The summed E-state index contributed by atoms with van der Waals surface area (Å²) in [5.41, 5.74) is 6.89. The van der Waals surface area contributed by atoms with Gasteiger partial charge in [-0.15, -0.1) is 24.8 Å². The molecular weight excluding hydrogens is 343 g/mol. The van der Waals surface area contributed by atoms with Gasteiger partial charge in [0.25, 0.3) is 0 Å². The summed E-state index contributed by atoms with van der Waals surface area (Å²) in [6.07, 6.45) is 7.05. The lowest BCUT2D eigenvalue weighted by Gasteiger charge is -2.32. The third-order valence-electron chi connectivity index (χ3n) is 5.71. The van der Waals surface area contributed by atoms with Crippen LogP contribution in [-0.2, 0) is 25.7 Å². The lowest BCUT2D eigenvalue weighted by Crippen LogP contribution is -2.46. The minimum atomic E-state index is 0. The number of likely N-dealkylation sites (N-methyl/N-ethyl adjacent to an activating group) is 1. The zero-order valence-corrected chi connectivity index (χ0v) is 16.1. The number of piperazine rings is 1. The van der Waals surface area contributed by atoms with Crippen LogP contribution in [0.2, 0.25) is 0 Å². The number of carbonyl (C=O) groups is 1. The second-order valence-corrected chi connectivity index (χ2v) is 7.24. The smallest absolute Gasteiger partial charge is 0.177 e. The van der Waals surface area contributed by atoms with Gasteiger partial charge in [-0.05, 0) is 67.8 Å². The molecule has 0 aromatic heterocycles. The van der Waals surface area contributed by atoms with Gasteiger partial charge < -0.3 is 4.90 Å². The van der Waals surface area contributed by atoms with Gasteiger partial charge in [-0.1, -0.05) is 6.07 Å². The van der Waals surface area contributed by atoms with E-state index in [1.807, 2.05) is 0 Å². The van der Waals surface area contributed by atoms with Crippen LogP contribution in [0, 0.1) is 0 Å². The van der Waals surface area contributed by atoms with Crippen molar-refractivity contribution in [3.63, 3.8) is 0 Å². The number of hydrogen-bond acceptors (Lipinski definition) is 3. The van der Waals surface area contributed by atoms with Crippen molar-refractivity contribution in [3.05, 3.63) is 33.9 Å². The molecule has 0 N–H and O–H groups in total. The topological polar surface area (TPSA) is 23.6 Å². The average molecular weight is 371 g/mol. The van der Waals surface area contributed by atoms with Gasteiger partial charge in [0.1, 0.15) is 0 Å². The molecule has 134 valence electrons. The largest absolute Gasteiger partial charge is 0.304 e. The molecule has 0 bridgehead atoms. The van der Waals surface area contributed by atoms with Gasteiger partial charge in [-0.3, -0.25) is 9.69 Å². The monoisotopic (exact) mass is 370 g/mol. The molecule has 0 saturated carbocycles. The molecule has 1 fully saturated rings. The van der Waals surface area contributed by atoms with E-state index in [1.165, 1.54) is 47.9 Å². The summed E-state index contributed by atoms with van der Waals surface area (Å²) in [6.45, 7) is 4.84. The normalized spacial score (nSPS) is 20.0. The van der Waals surface area contributed by atoms with Crippen molar-refractivity contribution < 1.29 is 4.79 Å². The van der Waals surface area contributed by atoms with E-state index in [0.29, 0.717) is 12.3 Å². The van der Waals surface area contributed by atoms with E-state index in [2.05, 4.69) is 22.9 Å². The summed E-state index contributed by atoms with van der Waals surface area (Å²) >= 11 is 0. The van der Waals surface area contributed by atoms with Crippen LogP contribution >= 0.6 is 24.8 Å². The summed E-state index contributed by atoms with van der Waals surface area (Å²) in [4.78, 5) is 17.7. The summed E-state index contributed by atoms with van der Waals surface area (Å²) < 4.78 is 0. The first-order valence-corrected chi connectivity index (χ1v) is 8.83. The molecular formula is C19H28Cl2N2O. The Hall–Kier alpha value is -0.610. The number of hydrogen-bond donors (Lipinski definition) is 0. The van der Waals surface area contributed by atoms with Crippen LogP contribution < -0.4 is 0 Å². The van der Waals surface area contributed by atoms with Crippen molar-refractivity contribution in [2.45, 2.75) is 38.5 Å². The number of ketones is 1. The van der Waals surface area contributed by atoms with E-state index in [1.54, 1.807) is 0 Å². The summed E-state index contributed by atoms with van der Waals surface area (Å²) in [5.74, 6) is 0.390. The minimum absolute atomic E-state index is 0. The van der Waals surface area contributed by atoms with Crippen LogP contribution in [0.1, 0.15) is 45.5 Å². The SMILES string of the molecule is CN1CCN(CC(=O)c2c3c(cc4c2CCC4)CCC3)CC1.Cl.Cl. The average Bonchev–Trinajstić information content (AvgIpc) is 3.15. The van der Waals surface area contributed by atoms with E-state index in [0.717, 1.165) is 44.6 Å². The van der Waals surface area contributed by atoms with Gasteiger partial charge in [0.05, 0.1) is 6.54 Å². The highest BCUT2D eigenvalue weighted by Gasteiger charge is 2.28. The molecule has 5 heteroatoms. The number of benzene rings is 1. The minimum Gasteiger partial charge on any atom is -0.304 e. The molecule has 1 aromatic rings. The number of nitrogens with zero attached hydrogens (tertiary/aromatic N) is 2. The standard InChI is InChI=1S/C19H26N2O.2ClH/c1-20-8-10-21(11-9-20)13-18(22)19-16-6-2-4-14(16)12-15-5-3-7-17(15)19;;/h12H,2-11,13H2,1H3;2*1H. The molecule has 0 unspecified atom stereocenters. The fourth-order valence-electron chi connectivity index (χ4n) is 4.44. The van der Waals surface area contributed by atoms with Crippen LogP contribution in [0.4, 0.5) is 0 Å². The Morgan fingerprint density at radius 2 is 1.46 bits per heavy atom. The number of aryl methyl sites for hydroxylation is 2. The highest BCUT2D eigenvalue weighted by atomic mass is 35.5. The molecule has 1 heterocycles. The molecule has 3 nitrogen and oxygen atoms in total. The lowest BCUT2D eigenvalue weighted by molar-refractivity contribution is 0.0874. The number of rotatable bonds is 3. The maximum Gasteiger partial charge on any atom is 0.177 e. The first-order chi connectivity index (χ1) is 10.7. The van der Waals surface area contributed by atoms with E-state index >= 15 is 0 Å². The number of fused-ring (bicyclic) bond motifs is 2. The van der Waals surface area contributed by atoms with Gasteiger partial charge in [0, 0.05) is 31.7 Å². The molecule has 2 aliphatic carbocycles. The second-order valence-electron chi connectivity index (χ2n) is 7.24. The predicted molar refractivity (Wildman–Crippen MR) is 103 cm³/mol. The molecule has 3 aliphatic rings. The molecule has 1 aromatic carbocycles. The van der Waals surface area contributed by atoms with Gasteiger partial charge in [0.15, 0.2) is 5.78 Å². The Bertz CT molecular complexity index is 578. The molecule has 0 radical (unpaired) electrons. The van der Waals surface area contributed by atoms with Crippen LogP contribution in [0.25, 0.3) is 0 Å². The maximum absolute atomic E-state index is 13.1. The van der Waals surface area contributed by atoms with E-state index in [-0.39, 0.29) is 24.8 Å². The van der Waals surface area contributed by atoms with Gasteiger partial charge >= 0.3 is 0 Å². The van der Waals surface area contributed by atoms with Crippen LogP contribution in [0.5, 0.6) is 0 Å². The Kier molecular flexibility index (Phi) is 6.72. The van der Waals surface area contributed by atoms with Crippen molar-refractivity contribution in [3.8, 4) is 0 Å². The third kappa shape index (κ3) is 3.65. The fourth-order valence-corrected chi connectivity index (χ4v) is 4.44. The number of Topliss-reactive ketones (excluding diaryl/α,β-unsaturated/α-hetero) is 1.